The molecule has 0 saturated carbocycles. The second-order valence-electron chi connectivity index (χ2n) is 4.82. The van der Waals surface area contributed by atoms with E-state index in [1.165, 1.54) is 18.3 Å². The van der Waals surface area contributed by atoms with Gasteiger partial charge in [0.25, 0.3) is 5.91 Å². The molecule has 0 unspecified atom stereocenters. The van der Waals surface area contributed by atoms with Gasteiger partial charge < -0.3 is 10.4 Å². The number of aliphatic carboxylic acids is 1. The van der Waals surface area contributed by atoms with Crippen molar-refractivity contribution in [2.45, 2.75) is 39.2 Å². The fourth-order valence-electron chi connectivity index (χ4n) is 1.05. The van der Waals surface area contributed by atoms with Crippen molar-refractivity contribution < 1.29 is 14.7 Å². The van der Waals surface area contributed by atoms with Crippen LogP contribution in [0.5, 0.6) is 0 Å². The quantitative estimate of drug-likeness (QED) is 0.861. The summed E-state index contributed by atoms with van der Waals surface area (Å²) in [5.41, 5.74) is 0.162. The average Bonchev–Trinajstić information content (AvgIpc) is 2.65. The first-order chi connectivity index (χ1) is 7.71. The number of aromatic nitrogens is 1. The molecule has 0 spiro atoms. The minimum absolute atomic E-state index is 0.110. The summed E-state index contributed by atoms with van der Waals surface area (Å²) in [7, 11) is 0. The molecule has 2 N–H and O–H groups in total. The number of amides is 1. The SMILES string of the molecule is C[C@H](NC(=O)c1csc(C(C)(C)C)n1)C(=O)O. The highest BCUT2D eigenvalue weighted by Crippen LogP contribution is 2.25. The number of nitrogens with one attached hydrogen (secondary N) is 1. The molecule has 0 aliphatic carbocycles. The fraction of sp³-hybridized carbons (Fsp3) is 0.545. The van der Waals surface area contributed by atoms with Gasteiger partial charge >= 0.3 is 5.97 Å². The standard InChI is InChI=1S/C11H16N2O3S/c1-6(9(15)16)12-8(14)7-5-17-10(13-7)11(2,3)4/h5-6H,1-4H3,(H,12,14)(H,15,16)/t6-/m0/s1. The van der Waals surface area contributed by atoms with Gasteiger partial charge in [-0.05, 0) is 6.92 Å². The Morgan fingerprint density at radius 2 is 2.06 bits per heavy atom. The number of carboxylic acid groups (broad SMARTS) is 1. The molecule has 0 fully saturated rings. The Labute approximate surface area is 104 Å². The van der Waals surface area contributed by atoms with Gasteiger partial charge in [-0.25, -0.2) is 4.98 Å². The van der Waals surface area contributed by atoms with Crippen LogP contribution in [0.1, 0.15) is 43.2 Å². The highest BCUT2D eigenvalue weighted by Gasteiger charge is 2.22. The minimum Gasteiger partial charge on any atom is -0.480 e. The lowest BCUT2D eigenvalue weighted by molar-refractivity contribution is -0.138. The Balaban J connectivity index is 2.78. The highest BCUT2D eigenvalue weighted by atomic mass is 32.1. The van der Waals surface area contributed by atoms with Gasteiger partial charge in [-0.1, -0.05) is 20.8 Å². The van der Waals surface area contributed by atoms with Crippen molar-refractivity contribution in [3.63, 3.8) is 0 Å². The molecule has 17 heavy (non-hydrogen) atoms. The van der Waals surface area contributed by atoms with E-state index in [0.29, 0.717) is 0 Å². The van der Waals surface area contributed by atoms with Crippen molar-refractivity contribution in [2.75, 3.05) is 0 Å². The molecular formula is C11H16N2O3S. The molecule has 1 aromatic rings. The Morgan fingerprint density at radius 1 is 1.47 bits per heavy atom. The molecule has 0 radical (unpaired) electrons. The van der Waals surface area contributed by atoms with Gasteiger partial charge in [-0.2, -0.15) is 0 Å². The average molecular weight is 256 g/mol. The third-order valence-electron chi connectivity index (χ3n) is 2.10. The number of rotatable bonds is 3. The van der Waals surface area contributed by atoms with Crippen molar-refractivity contribution in [3.8, 4) is 0 Å². The monoisotopic (exact) mass is 256 g/mol. The molecule has 1 atom stereocenters. The number of carboxylic acids is 1. The number of carbonyl (C=O) groups excluding carboxylic acids is 1. The first-order valence-electron chi connectivity index (χ1n) is 5.21. The van der Waals surface area contributed by atoms with Crippen LogP contribution < -0.4 is 5.32 Å². The maximum absolute atomic E-state index is 11.7. The van der Waals surface area contributed by atoms with Gasteiger partial charge in [0.2, 0.25) is 0 Å². The van der Waals surface area contributed by atoms with Gasteiger partial charge in [0, 0.05) is 10.8 Å². The summed E-state index contributed by atoms with van der Waals surface area (Å²) in [5.74, 6) is -1.52. The summed E-state index contributed by atoms with van der Waals surface area (Å²) in [5, 5.41) is 13.5. The second-order valence-corrected chi connectivity index (χ2v) is 5.68. The predicted octanol–water partition coefficient (Wildman–Crippen LogP) is 1.64. The van der Waals surface area contributed by atoms with Gasteiger partial charge in [-0.15, -0.1) is 11.3 Å². The maximum atomic E-state index is 11.7. The van der Waals surface area contributed by atoms with Gasteiger partial charge in [0.1, 0.15) is 11.7 Å². The highest BCUT2D eigenvalue weighted by molar-refractivity contribution is 7.10. The van der Waals surface area contributed by atoms with E-state index in [0.717, 1.165) is 5.01 Å². The summed E-state index contributed by atoms with van der Waals surface area (Å²) in [6.45, 7) is 7.44. The van der Waals surface area contributed by atoms with Gasteiger partial charge in [0.05, 0.1) is 5.01 Å². The summed E-state index contributed by atoms with van der Waals surface area (Å²) < 4.78 is 0. The molecule has 1 aromatic heterocycles. The third-order valence-corrected chi connectivity index (χ3v) is 3.36. The minimum atomic E-state index is -1.07. The zero-order chi connectivity index (χ0) is 13.2. The van der Waals surface area contributed by atoms with E-state index in [-0.39, 0.29) is 11.1 Å². The molecule has 0 aliphatic heterocycles. The molecule has 94 valence electrons. The van der Waals surface area contributed by atoms with E-state index in [1.54, 1.807) is 5.38 Å². The molecule has 1 rings (SSSR count). The number of carbonyl (C=O) groups is 2. The van der Waals surface area contributed by atoms with Crippen LogP contribution in [0.3, 0.4) is 0 Å². The van der Waals surface area contributed by atoms with Crippen LogP contribution in [0.15, 0.2) is 5.38 Å². The summed E-state index contributed by atoms with van der Waals surface area (Å²) in [4.78, 5) is 26.5. The van der Waals surface area contributed by atoms with Crippen molar-refractivity contribution in [1.29, 1.82) is 0 Å². The predicted molar refractivity (Wildman–Crippen MR) is 65.4 cm³/mol. The van der Waals surface area contributed by atoms with E-state index in [9.17, 15) is 9.59 Å². The lowest BCUT2D eigenvalue weighted by atomic mass is 9.98. The maximum Gasteiger partial charge on any atom is 0.325 e. The largest absolute Gasteiger partial charge is 0.480 e. The van der Waals surface area contributed by atoms with Crippen LogP contribution >= 0.6 is 11.3 Å². The van der Waals surface area contributed by atoms with Crippen molar-refractivity contribution in [2.24, 2.45) is 0 Å². The van der Waals surface area contributed by atoms with Crippen molar-refractivity contribution in [3.05, 3.63) is 16.1 Å². The Morgan fingerprint density at radius 3 is 2.47 bits per heavy atom. The van der Waals surface area contributed by atoms with Crippen molar-refractivity contribution in [1.82, 2.24) is 10.3 Å². The number of hydrogen-bond donors (Lipinski definition) is 2. The fourth-order valence-corrected chi connectivity index (χ4v) is 1.94. The smallest absolute Gasteiger partial charge is 0.325 e. The molecule has 5 nitrogen and oxygen atoms in total. The van der Waals surface area contributed by atoms with Crippen LogP contribution in [-0.4, -0.2) is 28.0 Å². The number of thiazole rings is 1. The summed E-state index contributed by atoms with van der Waals surface area (Å²) >= 11 is 1.40. The van der Waals surface area contributed by atoms with Gasteiger partial charge in [0.15, 0.2) is 0 Å². The van der Waals surface area contributed by atoms with E-state index >= 15 is 0 Å². The lowest BCUT2D eigenvalue weighted by Crippen LogP contribution is -2.38. The molecule has 1 amide bonds. The Bertz CT molecular complexity index is 434. The molecule has 0 bridgehead atoms. The van der Waals surface area contributed by atoms with Crippen LogP contribution in [0, 0.1) is 0 Å². The van der Waals surface area contributed by atoms with E-state index < -0.39 is 17.9 Å². The first kappa shape index (κ1) is 13.6. The number of hydrogen-bond acceptors (Lipinski definition) is 4. The van der Waals surface area contributed by atoms with E-state index in [2.05, 4.69) is 10.3 Å². The molecule has 0 saturated heterocycles. The number of nitrogens with zero attached hydrogens (tertiary/aromatic N) is 1. The van der Waals surface area contributed by atoms with Crippen molar-refractivity contribution >= 4 is 23.2 Å². The topological polar surface area (TPSA) is 79.3 Å². The normalized spacial score (nSPS) is 13.2. The molecule has 6 heteroatoms. The molecule has 0 aliphatic rings. The zero-order valence-electron chi connectivity index (χ0n) is 10.3. The first-order valence-corrected chi connectivity index (χ1v) is 6.09. The summed E-state index contributed by atoms with van der Waals surface area (Å²) in [6.07, 6.45) is 0. The molecule has 0 aromatic carbocycles. The van der Waals surface area contributed by atoms with Crippen LogP contribution in [0.25, 0.3) is 0 Å². The molecule has 1 heterocycles. The van der Waals surface area contributed by atoms with E-state index in [4.69, 9.17) is 5.11 Å². The Hall–Kier alpha value is -1.43. The van der Waals surface area contributed by atoms with E-state index in [1.807, 2.05) is 20.8 Å². The van der Waals surface area contributed by atoms with Crippen LogP contribution in [0.2, 0.25) is 0 Å². The second kappa shape index (κ2) is 4.83. The van der Waals surface area contributed by atoms with Crippen LogP contribution in [0.4, 0.5) is 0 Å². The van der Waals surface area contributed by atoms with Crippen LogP contribution in [-0.2, 0) is 10.2 Å². The molecular weight excluding hydrogens is 240 g/mol. The lowest BCUT2D eigenvalue weighted by Gasteiger charge is -2.13. The van der Waals surface area contributed by atoms with Gasteiger partial charge in [-0.3, -0.25) is 9.59 Å². The Kier molecular flexibility index (Phi) is 3.87. The zero-order valence-corrected chi connectivity index (χ0v) is 11.1. The summed E-state index contributed by atoms with van der Waals surface area (Å²) in [6, 6.07) is -0.915. The third kappa shape index (κ3) is 3.52.